The van der Waals surface area contributed by atoms with E-state index in [-0.39, 0.29) is 34.8 Å². The quantitative estimate of drug-likeness (QED) is 0.201. The zero-order valence-electron chi connectivity index (χ0n) is 17.6. The first kappa shape index (κ1) is 21.0. The fourth-order valence-corrected chi connectivity index (χ4v) is 3.68. The van der Waals surface area contributed by atoms with Gasteiger partial charge in [-0.3, -0.25) is 19.6 Å². The van der Waals surface area contributed by atoms with Gasteiger partial charge in [-0.05, 0) is 38.5 Å². The largest absolute Gasteiger partial charge is 0.460 e. The molecule has 9 heteroatoms. The molecule has 0 saturated carbocycles. The highest BCUT2D eigenvalue weighted by Gasteiger charge is 2.23. The second kappa shape index (κ2) is 8.10. The first-order valence-electron chi connectivity index (χ1n) is 9.78. The topological polar surface area (TPSA) is 117 Å². The van der Waals surface area contributed by atoms with Gasteiger partial charge in [-0.2, -0.15) is 5.10 Å². The molecule has 0 unspecified atom stereocenters. The number of aryl methyl sites for hydroxylation is 2. The van der Waals surface area contributed by atoms with Crippen molar-refractivity contribution in [3.63, 3.8) is 0 Å². The lowest BCUT2D eigenvalue weighted by Crippen LogP contribution is -2.18. The molecule has 4 rings (SSSR count). The Labute approximate surface area is 182 Å². The summed E-state index contributed by atoms with van der Waals surface area (Å²) in [5, 5.41) is 15.5. The zero-order valence-corrected chi connectivity index (χ0v) is 17.6. The van der Waals surface area contributed by atoms with Gasteiger partial charge in [-0.15, -0.1) is 0 Å². The second-order valence-corrected chi connectivity index (χ2v) is 7.29. The van der Waals surface area contributed by atoms with Crippen LogP contribution in [-0.4, -0.2) is 20.7 Å². The van der Waals surface area contributed by atoms with E-state index in [9.17, 15) is 19.7 Å². The third-order valence-corrected chi connectivity index (χ3v) is 5.14. The fourth-order valence-electron chi connectivity index (χ4n) is 3.68. The van der Waals surface area contributed by atoms with Gasteiger partial charge in [-0.25, -0.2) is 4.79 Å². The molecule has 2 aromatic carbocycles. The normalized spacial score (nSPS) is 11.0. The van der Waals surface area contributed by atoms with Crippen molar-refractivity contribution in [1.82, 2.24) is 9.78 Å². The summed E-state index contributed by atoms with van der Waals surface area (Å²) in [5.74, 6) is -0.0227. The maximum absolute atomic E-state index is 13.0. The van der Waals surface area contributed by atoms with Crippen LogP contribution in [0.3, 0.4) is 0 Å². The average molecular weight is 433 g/mol. The highest BCUT2D eigenvalue weighted by atomic mass is 16.6. The minimum atomic E-state index is -0.662. The van der Waals surface area contributed by atoms with Crippen LogP contribution < -0.4 is 10.2 Å². The Morgan fingerprint density at radius 2 is 1.88 bits per heavy atom. The number of esters is 1. The molecule has 9 nitrogen and oxygen atoms in total. The fraction of sp³-hybridized carbons (Fsp3) is 0.174. The number of rotatable bonds is 5. The minimum Gasteiger partial charge on any atom is -0.460 e. The number of nitrogens with zero attached hydrogens (tertiary/aromatic N) is 3. The summed E-state index contributed by atoms with van der Waals surface area (Å²) in [4.78, 5) is 36.0. The van der Waals surface area contributed by atoms with Gasteiger partial charge in [0.05, 0.1) is 15.9 Å². The molecule has 2 heterocycles. The highest BCUT2D eigenvalue weighted by molar-refractivity contribution is 5.84. The van der Waals surface area contributed by atoms with E-state index in [0.29, 0.717) is 22.3 Å². The van der Waals surface area contributed by atoms with E-state index in [1.807, 2.05) is 30.3 Å². The second-order valence-electron chi connectivity index (χ2n) is 7.29. The molecule has 0 spiro atoms. The summed E-state index contributed by atoms with van der Waals surface area (Å²) < 4.78 is 12.4. The molecule has 0 N–H and O–H groups in total. The number of carbonyl (C=O) groups is 1. The Morgan fingerprint density at radius 1 is 1.16 bits per heavy atom. The number of ether oxygens (including phenoxy) is 1. The predicted octanol–water partition coefficient (Wildman–Crippen LogP) is 4.10. The van der Waals surface area contributed by atoms with Crippen LogP contribution in [0.4, 0.5) is 5.69 Å². The molecule has 0 radical (unpaired) electrons. The Hall–Kier alpha value is -4.27. The Morgan fingerprint density at radius 3 is 2.53 bits per heavy atom. The van der Waals surface area contributed by atoms with Gasteiger partial charge in [0.25, 0.3) is 0 Å². The van der Waals surface area contributed by atoms with E-state index >= 15 is 0 Å². The van der Waals surface area contributed by atoms with Crippen LogP contribution in [0, 0.1) is 30.9 Å². The van der Waals surface area contributed by atoms with Crippen LogP contribution in [0.15, 0.2) is 57.7 Å². The number of benzene rings is 2. The predicted molar refractivity (Wildman–Crippen MR) is 117 cm³/mol. The molecule has 0 amide bonds. The molecule has 162 valence electrons. The number of fused-ring (bicyclic) bond motifs is 1. The van der Waals surface area contributed by atoms with E-state index in [1.165, 1.54) is 30.7 Å². The Bertz CT molecular complexity index is 1420. The number of hydrogen-bond donors (Lipinski definition) is 0. The van der Waals surface area contributed by atoms with Crippen LogP contribution in [0.5, 0.6) is 5.75 Å². The molecular formula is C23H19N3O6. The average Bonchev–Trinajstić information content (AvgIpc) is 3.01. The first-order chi connectivity index (χ1) is 15.3. The lowest BCUT2D eigenvalue weighted by Gasteiger charge is -2.09. The van der Waals surface area contributed by atoms with E-state index in [2.05, 4.69) is 5.10 Å². The van der Waals surface area contributed by atoms with E-state index < -0.39 is 10.9 Å². The van der Waals surface area contributed by atoms with Crippen molar-refractivity contribution in [2.75, 3.05) is 0 Å². The number of nitro groups is 1. The Balaban J connectivity index is 1.61. The van der Waals surface area contributed by atoms with Crippen LogP contribution in [0.1, 0.15) is 17.1 Å². The van der Waals surface area contributed by atoms with Crippen molar-refractivity contribution in [3.8, 4) is 16.9 Å². The van der Waals surface area contributed by atoms with Crippen LogP contribution >= 0.6 is 0 Å². The summed E-state index contributed by atoms with van der Waals surface area (Å²) in [6.45, 7) is 4.43. The smallest absolute Gasteiger partial charge is 0.333 e. The zero-order chi connectivity index (χ0) is 23.0. The molecule has 2 aromatic heterocycles. The van der Waals surface area contributed by atoms with Gasteiger partial charge in [0, 0.05) is 6.07 Å². The molecule has 0 aliphatic carbocycles. The van der Waals surface area contributed by atoms with E-state index in [0.717, 1.165) is 5.56 Å². The maximum atomic E-state index is 13.0. The molecule has 0 saturated heterocycles. The molecule has 0 bridgehead atoms. The SMILES string of the molecule is Cc1nn(CC(=O)Oc2ccc3c(=O)c(-c4ccccc4)c(C)oc3c2)c(C)c1[N+](=O)[O-]. The lowest BCUT2D eigenvalue weighted by molar-refractivity contribution is -0.386. The number of hydrogen-bond acceptors (Lipinski definition) is 7. The molecule has 0 aliphatic rings. The van der Waals surface area contributed by atoms with Crippen LogP contribution in [0.2, 0.25) is 0 Å². The molecule has 0 fully saturated rings. The van der Waals surface area contributed by atoms with Gasteiger partial charge in [0.2, 0.25) is 5.43 Å². The number of carbonyl (C=O) groups excluding carboxylic acids is 1. The monoisotopic (exact) mass is 433 g/mol. The molecular weight excluding hydrogens is 414 g/mol. The third-order valence-electron chi connectivity index (χ3n) is 5.14. The third kappa shape index (κ3) is 3.76. The van der Waals surface area contributed by atoms with E-state index in [1.54, 1.807) is 13.0 Å². The van der Waals surface area contributed by atoms with Crippen molar-refractivity contribution in [1.29, 1.82) is 0 Å². The van der Waals surface area contributed by atoms with Crippen molar-refractivity contribution < 1.29 is 18.9 Å². The Kier molecular flexibility index (Phi) is 5.31. The lowest BCUT2D eigenvalue weighted by atomic mass is 10.0. The van der Waals surface area contributed by atoms with E-state index in [4.69, 9.17) is 9.15 Å². The van der Waals surface area contributed by atoms with Crippen LogP contribution in [-0.2, 0) is 11.3 Å². The maximum Gasteiger partial charge on any atom is 0.333 e. The summed E-state index contributed by atoms with van der Waals surface area (Å²) >= 11 is 0. The van der Waals surface area contributed by atoms with Gasteiger partial charge in [0.15, 0.2) is 0 Å². The van der Waals surface area contributed by atoms with Crippen molar-refractivity contribution >= 4 is 22.6 Å². The number of aromatic nitrogens is 2. The van der Waals surface area contributed by atoms with Crippen molar-refractivity contribution in [2.24, 2.45) is 0 Å². The standard InChI is InChI=1S/C23H19N3O6/c1-13-22(26(29)30)14(2)25(24-13)12-20(27)32-17-9-10-18-19(11-17)31-15(3)21(23(18)28)16-7-5-4-6-8-16/h4-11H,12H2,1-3H3. The van der Waals surface area contributed by atoms with Gasteiger partial charge in [0.1, 0.15) is 35.0 Å². The van der Waals surface area contributed by atoms with Gasteiger partial charge >= 0.3 is 11.7 Å². The molecule has 4 aromatic rings. The summed E-state index contributed by atoms with van der Waals surface area (Å²) in [7, 11) is 0. The summed E-state index contributed by atoms with van der Waals surface area (Å²) in [6.07, 6.45) is 0. The van der Waals surface area contributed by atoms with Gasteiger partial charge in [-0.1, -0.05) is 30.3 Å². The summed E-state index contributed by atoms with van der Waals surface area (Å²) in [5.41, 5.74) is 1.71. The highest BCUT2D eigenvalue weighted by Crippen LogP contribution is 2.27. The molecule has 0 aliphatic heterocycles. The van der Waals surface area contributed by atoms with Crippen molar-refractivity contribution in [3.05, 3.63) is 86.0 Å². The first-order valence-corrected chi connectivity index (χ1v) is 9.78. The van der Waals surface area contributed by atoms with Gasteiger partial charge < -0.3 is 9.15 Å². The molecule has 32 heavy (non-hydrogen) atoms. The summed E-state index contributed by atoms with van der Waals surface area (Å²) in [6, 6.07) is 13.8. The van der Waals surface area contributed by atoms with Crippen LogP contribution in [0.25, 0.3) is 22.1 Å². The molecule has 0 atom stereocenters. The minimum absolute atomic E-state index is 0.130. The van der Waals surface area contributed by atoms with Crippen molar-refractivity contribution in [2.45, 2.75) is 27.3 Å².